The number of carbonyl (C=O) groups is 1. The molecule has 0 aliphatic carbocycles. The second-order valence-corrected chi connectivity index (χ2v) is 6.01. The van der Waals surface area contributed by atoms with Crippen LogP contribution in [0.2, 0.25) is 0 Å². The summed E-state index contributed by atoms with van der Waals surface area (Å²) in [6, 6.07) is 0. The number of esters is 1. The van der Waals surface area contributed by atoms with Gasteiger partial charge in [0.15, 0.2) is 5.44 Å². The molecule has 1 saturated heterocycles. The fourth-order valence-corrected chi connectivity index (χ4v) is 2.47. The van der Waals surface area contributed by atoms with Gasteiger partial charge in [0.2, 0.25) is 0 Å². The first-order valence-electron chi connectivity index (χ1n) is 5.01. The van der Waals surface area contributed by atoms with Gasteiger partial charge in [0.1, 0.15) is 5.25 Å². The maximum atomic E-state index is 11.6. The molecule has 1 heterocycles. The fraction of sp³-hybridized carbons (Fsp3) is 0.583. The monoisotopic (exact) mass is 226 g/mol. The van der Waals surface area contributed by atoms with Gasteiger partial charge in [-0.3, -0.25) is 4.79 Å². The van der Waals surface area contributed by atoms with Gasteiger partial charge < -0.3 is 4.74 Å². The first-order chi connectivity index (χ1) is 6.84. The molecule has 0 spiro atoms. The van der Waals surface area contributed by atoms with Crippen molar-refractivity contribution in [3.63, 3.8) is 0 Å². The molecule has 0 amide bonds. The summed E-state index contributed by atoms with van der Waals surface area (Å²) in [6.45, 7) is 11.8. The average molecular weight is 226 g/mol. The average Bonchev–Trinajstić information content (AvgIpc) is 2.47. The van der Waals surface area contributed by atoms with Crippen LogP contribution < -0.4 is 0 Å². The summed E-state index contributed by atoms with van der Waals surface area (Å²) < 4.78 is 5.33. The van der Waals surface area contributed by atoms with Gasteiger partial charge in [-0.1, -0.05) is 56.8 Å². The number of allylic oxidation sites excluding steroid dienone is 2. The Morgan fingerprint density at radius 2 is 2.13 bits per heavy atom. The Morgan fingerprint density at radius 3 is 2.53 bits per heavy atom. The van der Waals surface area contributed by atoms with E-state index in [0.29, 0.717) is 0 Å². The molecule has 1 fully saturated rings. The van der Waals surface area contributed by atoms with E-state index in [9.17, 15) is 4.79 Å². The molecule has 2 unspecified atom stereocenters. The van der Waals surface area contributed by atoms with Crippen LogP contribution in [0.25, 0.3) is 0 Å². The number of hydrogen-bond acceptors (Lipinski definition) is 3. The second kappa shape index (κ2) is 4.44. The van der Waals surface area contributed by atoms with E-state index in [0.717, 1.165) is 5.57 Å². The summed E-state index contributed by atoms with van der Waals surface area (Å²) >= 11 is 1.57. The van der Waals surface area contributed by atoms with E-state index >= 15 is 0 Å². The summed E-state index contributed by atoms with van der Waals surface area (Å²) in [4.78, 5) is 11.6. The third kappa shape index (κ3) is 3.13. The highest BCUT2D eigenvalue weighted by atomic mass is 32.2. The molecule has 0 aromatic heterocycles. The van der Waals surface area contributed by atoms with Gasteiger partial charge in [0.05, 0.1) is 0 Å². The van der Waals surface area contributed by atoms with Gasteiger partial charge in [-0.2, -0.15) is 0 Å². The van der Waals surface area contributed by atoms with Gasteiger partial charge in [0.25, 0.3) is 0 Å². The van der Waals surface area contributed by atoms with Crippen LogP contribution in [0.15, 0.2) is 24.3 Å². The molecule has 2 atom stereocenters. The van der Waals surface area contributed by atoms with Gasteiger partial charge in [-0.15, -0.1) is 0 Å². The highest BCUT2D eigenvalue weighted by molar-refractivity contribution is 8.01. The largest absolute Gasteiger partial charge is 0.450 e. The van der Waals surface area contributed by atoms with E-state index in [1.807, 2.05) is 13.0 Å². The lowest BCUT2D eigenvalue weighted by Crippen LogP contribution is -2.23. The molecule has 0 saturated carbocycles. The van der Waals surface area contributed by atoms with Crippen molar-refractivity contribution in [3.05, 3.63) is 24.3 Å². The topological polar surface area (TPSA) is 26.3 Å². The van der Waals surface area contributed by atoms with Crippen LogP contribution in [0, 0.1) is 5.41 Å². The first-order valence-corrected chi connectivity index (χ1v) is 5.95. The Morgan fingerprint density at radius 1 is 1.53 bits per heavy atom. The van der Waals surface area contributed by atoms with Crippen LogP contribution in [0.3, 0.4) is 0 Å². The van der Waals surface area contributed by atoms with E-state index in [4.69, 9.17) is 4.74 Å². The highest BCUT2D eigenvalue weighted by Crippen LogP contribution is 2.40. The minimum Gasteiger partial charge on any atom is -0.450 e. The molecule has 0 N–H and O–H groups in total. The lowest BCUT2D eigenvalue weighted by molar-refractivity contribution is -0.144. The summed E-state index contributed by atoms with van der Waals surface area (Å²) in [6.07, 6.45) is 3.66. The standard InChI is InChI=1S/C12H18O2S/c1-6-8(2)7-9-10(13)14-11(15-9)12(3,4)5/h6-7,9,11H,1H2,2-5H3/b8-7+. The molecule has 15 heavy (non-hydrogen) atoms. The van der Waals surface area contributed by atoms with Gasteiger partial charge in [0, 0.05) is 5.41 Å². The Balaban J connectivity index is 2.73. The van der Waals surface area contributed by atoms with Crippen molar-refractivity contribution >= 4 is 17.7 Å². The zero-order valence-corrected chi connectivity index (χ0v) is 10.6. The molecule has 0 aromatic carbocycles. The van der Waals surface area contributed by atoms with E-state index in [1.54, 1.807) is 17.8 Å². The quantitative estimate of drug-likeness (QED) is 0.534. The van der Waals surface area contributed by atoms with E-state index in [1.165, 1.54) is 0 Å². The number of rotatable bonds is 2. The van der Waals surface area contributed by atoms with Crippen LogP contribution in [0.5, 0.6) is 0 Å². The summed E-state index contributed by atoms with van der Waals surface area (Å²) in [5, 5.41) is -0.174. The molecule has 3 heteroatoms. The number of ether oxygens (including phenoxy) is 1. The van der Waals surface area contributed by atoms with E-state index < -0.39 is 0 Å². The van der Waals surface area contributed by atoms with Gasteiger partial charge >= 0.3 is 5.97 Å². The molecule has 0 aromatic rings. The molecule has 0 radical (unpaired) electrons. The minimum atomic E-state index is -0.174. The van der Waals surface area contributed by atoms with E-state index in [-0.39, 0.29) is 22.1 Å². The van der Waals surface area contributed by atoms with Crippen LogP contribution in [0.4, 0.5) is 0 Å². The Labute approximate surface area is 95.8 Å². The zero-order chi connectivity index (χ0) is 11.6. The summed E-state index contributed by atoms with van der Waals surface area (Å²) in [7, 11) is 0. The highest BCUT2D eigenvalue weighted by Gasteiger charge is 2.40. The predicted octanol–water partition coefficient (Wildman–Crippen LogP) is 3.15. The smallest absolute Gasteiger partial charge is 0.324 e. The normalized spacial score (nSPS) is 27.7. The van der Waals surface area contributed by atoms with Gasteiger partial charge in [-0.25, -0.2) is 0 Å². The van der Waals surface area contributed by atoms with Crippen molar-refractivity contribution in [1.29, 1.82) is 0 Å². The molecule has 1 aliphatic rings. The van der Waals surface area contributed by atoms with Gasteiger partial charge in [-0.05, 0) is 6.92 Å². The lowest BCUT2D eigenvalue weighted by atomic mass is 9.98. The van der Waals surface area contributed by atoms with Crippen molar-refractivity contribution in [2.24, 2.45) is 5.41 Å². The fourth-order valence-electron chi connectivity index (χ4n) is 1.18. The maximum Gasteiger partial charge on any atom is 0.324 e. The number of carbonyl (C=O) groups excluding carboxylic acids is 1. The van der Waals surface area contributed by atoms with Crippen molar-refractivity contribution in [1.82, 2.24) is 0 Å². The SMILES string of the molecule is C=C/C(C)=C/C1SC(C(C)(C)C)OC1=O. The molecule has 0 bridgehead atoms. The van der Waals surface area contributed by atoms with Crippen molar-refractivity contribution in [2.45, 2.75) is 38.4 Å². The van der Waals surface area contributed by atoms with Crippen LogP contribution in [-0.4, -0.2) is 16.7 Å². The Hall–Kier alpha value is -0.700. The Kier molecular flexibility index (Phi) is 3.66. The predicted molar refractivity (Wildman–Crippen MR) is 64.7 cm³/mol. The summed E-state index contributed by atoms with van der Waals surface area (Å²) in [5.74, 6) is -0.138. The minimum absolute atomic E-state index is 0.00893. The molecular weight excluding hydrogens is 208 g/mol. The molecule has 1 aliphatic heterocycles. The maximum absolute atomic E-state index is 11.6. The van der Waals surface area contributed by atoms with Crippen molar-refractivity contribution in [2.75, 3.05) is 0 Å². The number of thioether (sulfide) groups is 1. The summed E-state index contributed by atoms with van der Waals surface area (Å²) in [5.41, 5.74) is 0.952. The second-order valence-electron chi connectivity index (χ2n) is 4.81. The van der Waals surface area contributed by atoms with Crippen molar-refractivity contribution in [3.8, 4) is 0 Å². The zero-order valence-electron chi connectivity index (χ0n) is 9.74. The number of hydrogen-bond donors (Lipinski definition) is 0. The molecule has 2 nitrogen and oxygen atoms in total. The third-order valence-electron chi connectivity index (χ3n) is 2.17. The van der Waals surface area contributed by atoms with E-state index in [2.05, 4.69) is 27.4 Å². The Bertz CT molecular complexity index is 299. The lowest BCUT2D eigenvalue weighted by Gasteiger charge is -2.23. The number of cyclic esters (lactones) is 1. The van der Waals surface area contributed by atoms with Crippen molar-refractivity contribution < 1.29 is 9.53 Å². The molecule has 84 valence electrons. The third-order valence-corrected chi connectivity index (χ3v) is 3.84. The molecular formula is C12H18O2S. The molecule has 1 rings (SSSR count). The first kappa shape index (κ1) is 12.4. The van der Waals surface area contributed by atoms with Crippen LogP contribution in [-0.2, 0) is 9.53 Å². The van der Waals surface area contributed by atoms with Crippen LogP contribution >= 0.6 is 11.8 Å². The van der Waals surface area contributed by atoms with Crippen LogP contribution in [0.1, 0.15) is 27.7 Å².